The number of aryl methyl sites for hydroxylation is 2. The Hall–Kier alpha value is -4.18. The van der Waals surface area contributed by atoms with Crippen LogP contribution in [0.15, 0.2) is 70.2 Å². The molecule has 0 aliphatic carbocycles. The van der Waals surface area contributed by atoms with Crippen molar-refractivity contribution in [2.24, 2.45) is 5.10 Å². The van der Waals surface area contributed by atoms with Crippen molar-refractivity contribution in [2.75, 3.05) is 23.8 Å². The first-order chi connectivity index (χ1) is 18.2. The summed E-state index contributed by atoms with van der Waals surface area (Å²) in [4.78, 5) is 36.6. The van der Waals surface area contributed by atoms with Crippen molar-refractivity contribution in [1.82, 2.24) is 5.43 Å². The lowest BCUT2D eigenvalue weighted by atomic mass is 10.1. The molecule has 0 spiro atoms. The fraction of sp³-hybridized carbons (Fsp3) is 0.214. The van der Waals surface area contributed by atoms with Gasteiger partial charge in [0.25, 0.3) is 5.91 Å². The summed E-state index contributed by atoms with van der Waals surface area (Å²) in [5.74, 6) is -0.942. The van der Waals surface area contributed by atoms with Crippen LogP contribution in [0.4, 0.5) is 11.4 Å². The lowest BCUT2D eigenvalue weighted by molar-refractivity contribution is -0.136. The maximum Gasteiger partial charge on any atom is 0.329 e. The second-order valence-electron chi connectivity index (χ2n) is 8.35. The molecule has 0 saturated carbocycles. The van der Waals surface area contributed by atoms with E-state index in [1.54, 1.807) is 48.5 Å². The average molecular weight is 581 g/mol. The van der Waals surface area contributed by atoms with Crippen LogP contribution in [0, 0.1) is 13.8 Å². The van der Waals surface area contributed by atoms with Crippen molar-refractivity contribution < 1.29 is 23.9 Å². The summed E-state index contributed by atoms with van der Waals surface area (Å²) in [6, 6.07) is 17.4. The molecule has 3 rings (SSSR count). The molecular formula is C28H29BrN4O5. The van der Waals surface area contributed by atoms with Gasteiger partial charge in [-0.05, 0) is 85.5 Å². The van der Waals surface area contributed by atoms with Crippen molar-refractivity contribution in [3.8, 4) is 11.5 Å². The van der Waals surface area contributed by atoms with E-state index in [-0.39, 0.29) is 12.5 Å². The van der Waals surface area contributed by atoms with Crippen LogP contribution >= 0.6 is 15.9 Å². The number of nitrogens with zero attached hydrogens (tertiary/aromatic N) is 1. The summed E-state index contributed by atoms with van der Waals surface area (Å²) >= 11 is 3.44. The van der Waals surface area contributed by atoms with Crippen LogP contribution in [0.5, 0.6) is 11.5 Å². The number of carbonyl (C=O) groups excluding carboxylic acids is 3. The minimum Gasteiger partial charge on any atom is -0.494 e. The fourth-order valence-corrected chi connectivity index (χ4v) is 4.06. The summed E-state index contributed by atoms with van der Waals surface area (Å²) in [5.41, 5.74) is 5.87. The van der Waals surface area contributed by atoms with E-state index >= 15 is 0 Å². The molecule has 0 aliphatic rings. The quantitative estimate of drug-likeness (QED) is 0.178. The van der Waals surface area contributed by atoms with E-state index in [4.69, 9.17) is 9.47 Å². The molecule has 0 aromatic heterocycles. The third-order valence-electron chi connectivity index (χ3n) is 5.16. The van der Waals surface area contributed by atoms with Gasteiger partial charge in [0.1, 0.15) is 11.5 Å². The highest BCUT2D eigenvalue weighted by molar-refractivity contribution is 9.10. The Morgan fingerprint density at radius 3 is 2.29 bits per heavy atom. The molecule has 3 amide bonds. The number of carbonyl (C=O) groups is 3. The summed E-state index contributed by atoms with van der Waals surface area (Å²) in [6.45, 7) is 6.26. The molecule has 0 atom stereocenters. The normalized spacial score (nSPS) is 10.6. The van der Waals surface area contributed by atoms with Gasteiger partial charge in [-0.2, -0.15) is 5.10 Å². The molecule has 10 heteroatoms. The van der Waals surface area contributed by atoms with E-state index < -0.39 is 11.8 Å². The van der Waals surface area contributed by atoms with Crippen molar-refractivity contribution in [3.63, 3.8) is 0 Å². The zero-order valence-electron chi connectivity index (χ0n) is 21.3. The zero-order chi connectivity index (χ0) is 27.5. The summed E-state index contributed by atoms with van der Waals surface area (Å²) < 4.78 is 12.0. The minimum atomic E-state index is -0.921. The number of amides is 3. The number of benzene rings is 3. The van der Waals surface area contributed by atoms with Crippen molar-refractivity contribution in [1.29, 1.82) is 0 Å². The molecule has 0 unspecified atom stereocenters. The zero-order valence-corrected chi connectivity index (χ0v) is 22.9. The van der Waals surface area contributed by atoms with Gasteiger partial charge in [-0.3, -0.25) is 14.4 Å². The summed E-state index contributed by atoms with van der Waals surface area (Å²) in [6.07, 6.45) is 2.26. The number of anilines is 2. The highest BCUT2D eigenvalue weighted by Crippen LogP contribution is 2.25. The highest BCUT2D eigenvalue weighted by Gasteiger charge is 2.13. The third-order valence-corrected chi connectivity index (χ3v) is 5.62. The monoisotopic (exact) mass is 580 g/mol. The molecule has 3 N–H and O–H groups in total. The lowest BCUT2D eigenvalue weighted by Gasteiger charge is -2.13. The molecule has 0 radical (unpaired) electrons. The van der Waals surface area contributed by atoms with E-state index in [2.05, 4.69) is 37.1 Å². The van der Waals surface area contributed by atoms with Crippen molar-refractivity contribution in [2.45, 2.75) is 27.2 Å². The Kier molecular flexibility index (Phi) is 10.4. The van der Waals surface area contributed by atoms with Gasteiger partial charge in [0.15, 0.2) is 6.61 Å². The van der Waals surface area contributed by atoms with E-state index in [9.17, 15) is 14.4 Å². The average Bonchev–Trinajstić information content (AvgIpc) is 2.89. The first kappa shape index (κ1) is 28.4. The van der Waals surface area contributed by atoms with Gasteiger partial charge < -0.3 is 20.1 Å². The fourth-order valence-electron chi connectivity index (χ4n) is 3.38. The predicted molar refractivity (Wildman–Crippen MR) is 151 cm³/mol. The molecule has 0 saturated heterocycles. The molecule has 0 aliphatic heterocycles. The van der Waals surface area contributed by atoms with Crippen LogP contribution in [-0.2, 0) is 14.4 Å². The molecular weight excluding hydrogens is 552 g/mol. The summed E-state index contributed by atoms with van der Waals surface area (Å²) in [5, 5.41) is 9.20. The maximum absolute atomic E-state index is 12.4. The first-order valence-electron chi connectivity index (χ1n) is 11.9. The number of hydrogen-bond acceptors (Lipinski definition) is 6. The van der Waals surface area contributed by atoms with Gasteiger partial charge in [-0.15, -0.1) is 0 Å². The van der Waals surface area contributed by atoms with Gasteiger partial charge >= 0.3 is 11.8 Å². The second kappa shape index (κ2) is 13.9. The Morgan fingerprint density at radius 2 is 1.61 bits per heavy atom. The Morgan fingerprint density at radius 1 is 0.895 bits per heavy atom. The molecule has 3 aromatic rings. The number of hydrazone groups is 1. The number of hydrogen-bond donors (Lipinski definition) is 3. The number of halogens is 1. The molecule has 38 heavy (non-hydrogen) atoms. The topological polar surface area (TPSA) is 118 Å². The van der Waals surface area contributed by atoms with Gasteiger partial charge in [0.2, 0.25) is 0 Å². The van der Waals surface area contributed by atoms with Crippen LogP contribution < -0.4 is 25.5 Å². The Bertz CT molecular complexity index is 1300. The van der Waals surface area contributed by atoms with Crippen LogP contribution in [-0.4, -0.2) is 37.1 Å². The van der Waals surface area contributed by atoms with Gasteiger partial charge in [0.05, 0.1) is 12.8 Å². The van der Waals surface area contributed by atoms with E-state index in [0.717, 1.165) is 27.7 Å². The van der Waals surface area contributed by atoms with Crippen LogP contribution in [0.25, 0.3) is 0 Å². The predicted octanol–water partition coefficient (Wildman–Crippen LogP) is 4.96. The largest absolute Gasteiger partial charge is 0.494 e. The van der Waals surface area contributed by atoms with E-state index in [0.29, 0.717) is 29.4 Å². The van der Waals surface area contributed by atoms with Gasteiger partial charge in [-0.25, -0.2) is 5.43 Å². The standard InChI is InChI=1S/C28H29BrN4O5/c1-4-12-37-23-10-8-22(9-11-23)31-27(35)28(36)33-30-16-20-6-5-7-24(15-20)38-17-25(34)32-26-18(2)13-21(29)14-19(26)3/h5-11,13-16H,4,12,17H2,1-3H3,(H,31,35)(H,32,34)(H,33,36)/b30-16-. The maximum atomic E-state index is 12.4. The highest BCUT2D eigenvalue weighted by atomic mass is 79.9. The van der Waals surface area contributed by atoms with Crippen molar-refractivity contribution in [3.05, 3.63) is 81.8 Å². The number of nitrogens with one attached hydrogen (secondary N) is 3. The Labute approximate surface area is 229 Å². The molecule has 9 nitrogen and oxygen atoms in total. The van der Waals surface area contributed by atoms with Crippen LogP contribution in [0.2, 0.25) is 0 Å². The lowest BCUT2D eigenvalue weighted by Crippen LogP contribution is -2.32. The minimum absolute atomic E-state index is 0.182. The molecule has 3 aromatic carbocycles. The SMILES string of the molecule is CCCOc1ccc(NC(=O)C(=O)N/N=C\c2cccc(OCC(=O)Nc3c(C)cc(Br)cc3C)c2)cc1. The van der Waals surface area contributed by atoms with Crippen molar-refractivity contribution >= 4 is 51.2 Å². The smallest absolute Gasteiger partial charge is 0.329 e. The number of rotatable bonds is 10. The summed E-state index contributed by atoms with van der Waals surface area (Å²) in [7, 11) is 0. The Balaban J connectivity index is 1.47. The van der Waals surface area contributed by atoms with Crippen LogP contribution in [0.3, 0.4) is 0 Å². The van der Waals surface area contributed by atoms with E-state index in [1.165, 1.54) is 6.21 Å². The van der Waals surface area contributed by atoms with Crippen LogP contribution in [0.1, 0.15) is 30.0 Å². The number of ether oxygens (including phenoxy) is 2. The third kappa shape index (κ3) is 8.74. The first-order valence-corrected chi connectivity index (χ1v) is 12.7. The van der Waals surface area contributed by atoms with Gasteiger partial charge in [0, 0.05) is 15.8 Å². The molecule has 0 bridgehead atoms. The van der Waals surface area contributed by atoms with E-state index in [1.807, 2.05) is 32.9 Å². The van der Waals surface area contributed by atoms with Gasteiger partial charge in [-0.1, -0.05) is 35.0 Å². The molecule has 198 valence electrons. The molecule has 0 heterocycles. The second-order valence-corrected chi connectivity index (χ2v) is 9.27. The molecule has 0 fully saturated rings.